The Morgan fingerprint density at radius 2 is 2.07 bits per heavy atom. The fourth-order valence-corrected chi connectivity index (χ4v) is 1.75. The normalized spacial score (nSPS) is 24.6. The highest BCUT2D eigenvalue weighted by Crippen LogP contribution is 2.19. The maximum absolute atomic E-state index is 12.1. The van der Waals surface area contributed by atoms with Crippen LogP contribution in [-0.2, 0) is 4.79 Å². The van der Waals surface area contributed by atoms with Crippen molar-refractivity contribution in [1.82, 2.24) is 10.2 Å². The van der Waals surface area contributed by atoms with Crippen LogP contribution in [0.1, 0.15) is 34.1 Å². The molecule has 1 atom stereocenters. The SMILES string of the molecule is C[C@H]1CNCCCN1C(=O)C(C)(C)C. The van der Waals surface area contributed by atoms with Gasteiger partial charge in [0.25, 0.3) is 0 Å². The lowest BCUT2D eigenvalue weighted by atomic mass is 9.94. The van der Waals surface area contributed by atoms with Gasteiger partial charge in [0.1, 0.15) is 0 Å². The van der Waals surface area contributed by atoms with Crippen molar-refractivity contribution in [1.29, 1.82) is 0 Å². The highest BCUT2D eigenvalue weighted by Gasteiger charge is 2.30. The molecular formula is C11H22N2O. The van der Waals surface area contributed by atoms with Crippen molar-refractivity contribution < 1.29 is 4.79 Å². The molecule has 1 amide bonds. The maximum Gasteiger partial charge on any atom is 0.228 e. The van der Waals surface area contributed by atoms with E-state index in [-0.39, 0.29) is 11.3 Å². The van der Waals surface area contributed by atoms with Crippen molar-refractivity contribution in [3.63, 3.8) is 0 Å². The molecule has 1 heterocycles. The molecule has 0 aromatic carbocycles. The number of carbonyl (C=O) groups is 1. The van der Waals surface area contributed by atoms with Gasteiger partial charge in [0.2, 0.25) is 5.91 Å². The van der Waals surface area contributed by atoms with Gasteiger partial charge in [-0.25, -0.2) is 0 Å². The van der Waals surface area contributed by atoms with Gasteiger partial charge < -0.3 is 10.2 Å². The zero-order valence-corrected chi connectivity index (χ0v) is 9.76. The van der Waals surface area contributed by atoms with Gasteiger partial charge in [0.05, 0.1) is 0 Å². The van der Waals surface area contributed by atoms with Crippen LogP contribution in [0.25, 0.3) is 0 Å². The zero-order chi connectivity index (χ0) is 10.8. The Balaban J connectivity index is 2.69. The van der Waals surface area contributed by atoms with E-state index >= 15 is 0 Å². The second kappa shape index (κ2) is 4.30. The molecular weight excluding hydrogens is 176 g/mol. The Hall–Kier alpha value is -0.570. The average molecular weight is 198 g/mol. The predicted octanol–water partition coefficient (Wildman–Crippen LogP) is 1.24. The molecule has 0 spiro atoms. The van der Waals surface area contributed by atoms with Gasteiger partial charge in [0.15, 0.2) is 0 Å². The number of hydrogen-bond donors (Lipinski definition) is 1. The summed E-state index contributed by atoms with van der Waals surface area (Å²) in [6.45, 7) is 10.9. The van der Waals surface area contributed by atoms with Gasteiger partial charge in [-0.2, -0.15) is 0 Å². The molecule has 3 heteroatoms. The molecule has 1 aliphatic rings. The minimum Gasteiger partial charge on any atom is -0.338 e. The third-order valence-electron chi connectivity index (χ3n) is 2.63. The largest absolute Gasteiger partial charge is 0.338 e. The van der Waals surface area contributed by atoms with E-state index in [0.29, 0.717) is 6.04 Å². The molecule has 0 bridgehead atoms. The van der Waals surface area contributed by atoms with Crippen LogP contribution in [0.3, 0.4) is 0 Å². The van der Waals surface area contributed by atoms with Crippen LogP contribution in [0.15, 0.2) is 0 Å². The number of rotatable bonds is 0. The van der Waals surface area contributed by atoms with Crippen molar-refractivity contribution in [2.24, 2.45) is 5.41 Å². The molecule has 3 nitrogen and oxygen atoms in total. The van der Waals surface area contributed by atoms with Gasteiger partial charge in [0, 0.05) is 24.5 Å². The third kappa shape index (κ3) is 2.71. The van der Waals surface area contributed by atoms with Crippen molar-refractivity contribution in [2.45, 2.75) is 40.2 Å². The summed E-state index contributed by atoms with van der Waals surface area (Å²) < 4.78 is 0. The van der Waals surface area contributed by atoms with Crippen LogP contribution in [-0.4, -0.2) is 36.5 Å². The molecule has 0 aromatic heterocycles. The first-order valence-electron chi connectivity index (χ1n) is 5.44. The van der Waals surface area contributed by atoms with E-state index in [2.05, 4.69) is 12.2 Å². The maximum atomic E-state index is 12.1. The number of amides is 1. The van der Waals surface area contributed by atoms with Gasteiger partial charge in [-0.05, 0) is 19.9 Å². The van der Waals surface area contributed by atoms with E-state index in [0.717, 1.165) is 26.1 Å². The van der Waals surface area contributed by atoms with Crippen molar-refractivity contribution in [2.75, 3.05) is 19.6 Å². The lowest BCUT2D eigenvalue weighted by Crippen LogP contribution is -2.46. The minimum atomic E-state index is -0.251. The van der Waals surface area contributed by atoms with E-state index < -0.39 is 0 Å². The standard InChI is InChI=1S/C11H22N2O/c1-9-8-12-6-5-7-13(9)10(14)11(2,3)4/h9,12H,5-8H2,1-4H3/t9-/m0/s1. The number of nitrogens with one attached hydrogen (secondary N) is 1. The second-order valence-electron chi connectivity index (χ2n) is 5.16. The first-order chi connectivity index (χ1) is 6.43. The van der Waals surface area contributed by atoms with Crippen LogP contribution in [0.4, 0.5) is 0 Å². The molecule has 0 unspecified atom stereocenters. The molecule has 1 N–H and O–H groups in total. The lowest BCUT2D eigenvalue weighted by molar-refractivity contribution is -0.141. The Kier molecular flexibility index (Phi) is 3.53. The summed E-state index contributed by atoms with van der Waals surface area (Å²) in [4.78, 5) is 14.1. The fraction of sp³-hybridized carbons (Fsp3) is 0.909. The lowest BCUT2D eigenvalue weighted by Gasteiger charge is -2.32. The molecule has 0 saturated carbocycles. The Morgan fingerprint density at radius 1 is 1.43 bits per heavy atom. The molecule has 0 aromatic rings. The summed E-state index contributed by atoms with van der Waals surface area (Å²) in [6.07, 6.45) is 1.06. The summed E-state index contributed by atoms with van der Waals surface area (Å²) in [6, 6.07) is 0.323. The molecule has 0 aliphatic carbocycles. The van der Waals surface area contributed by atoms with E-state index in [1.54, 1.807) is 0 Å². The molecule has 0 radical (unpaired) electrons. The van der Waals surface area contributed by atoms with Gasteiger partial charge in [-0.15, -0.1) is 0 Å². The molecule has 1 saturated heterocycles. The van der Waals surface area contributed by atoms with Crippen LogP contribution >= 0.6 is 0 Å². The Bertz CT molecular complexity index is 208. The summed E-state index contributed by atoms with van der Waals surface area (Å²) in [5.74, 6) is 0.272. The number of hydrogen-bond acceptors (Lipinski definition) is 2. The topological polar surface area (TPSA) is 32.3 Å². The van der Waals surface area contributed by atoms with Crippen LogP contribution in [0, 0.1) is 5.41 Å². The minimum absolute atomic E-state index is 0.251. The van der Waals surface area contributed by atoms with E-state index in [4.69, 9.17) is 0 Å². The van der Waals surface area contributed by atoms with Gasteiger partial charge >= 0.3 is 0 Å². The van der Waals surface area contributed by atoms with Gasteiger partial charge in [-0.3, -0.25) is 4.79 Å². The van der Waals surface area contributed by atoms with Crippen molar-refractivity contribution in [3.05, 3.63) is 0 Å². The van der Waals surface area contributed by atoms with Gasteiger partial charge in [-0.1, -0.05) is 20.8 Å². The highest BCUT2D eigenvalue weighted by atomic mass is 16.2. The molecule has 1 fully saturated rings. The monoisotopic (exact) mass is 198 g/mol. The summed E-state index contributed by atoms with van der Waals surface area (Å²) >= 11 is 0. The summed E-state index contributed by atoms with van der Waals surface area (Å²) in [5, 5.41) is 3.34. The third-order valence-corrected chi connectivity index (χ3v) is 2.63. The van der Waals surface area contributed by atoms with Crippen LogP contribution < -0.4 is 5.32 Å². The van der Waals surface area contributed by atoms with E-state index in [9.17, 15) is 4.79 Å². The molecule has 82 valence electrons. The molecule has 1 rings (SSSR count). The fourth-order valence-electron chi connectivity index (χ4n) is 1.75. The number of carbonyl (C=O) groups excluding carboxylic acids is 1. The zero-order valence-electron chi connectivity index (χ0n) is 9.76. The van der Waals surface area contributed by atoms with Crippen LogP contribution in [0.2, 0.25) is 0 Å². The Morgan fingerprint density at radius 3 is 2.64 bits per heavy atom. The molecule has 1 aliphatic heterocycles. The number of nitrogens with zero attached hydrogens (tertiary/aromatic N) is 1. The Labute approximate surface area is 86.9 Å². The average Bonchev–Trinajstić information content (AvgIpc) is 2.27. The van der Waals surface area contributed by atoms with E-state index in [1.165, 1.54) is 0 Å². The van der Waals surface area contributed by atoms with E-state index in [1.807, 2.05) is 25.7 Å². The second-order valence-corrected chi connectivity index (χ2v) is 5.16. The highest BCUT2D eigenvalue weighted by molar-refractivity contribution is 5.81. The quantitative estimate of drug-likeness (QED) is 0.635. The predicted molar refractivity (Wildman–Crippen MR) is 58.1 cm³/mol. The molecule has 14 heavy (non-hydrogen) atoms. The van der Waals surface area contributed by atoms with Crippen molar-refractivity contribution >= 4 is 5.91 Å². The smallest absolute Gasteiger partial charge is 0.228 e. The summed E-state index contributed by atoms with van der Waals surface area (Å²) in [7, 11) is 0. The first kappa shape index (κ1) is 11.5. The van der Waals surface area contributed by atoms with Crippen molar-refractivity contribution in [3.8, 4) is 0 Å². The first-order valence-corrected chi connectivity index (χ1v) is 5.44. The summed E-state index contributed by atoms with van der Waals surface area (Å²) in [5.41, 5.74) is -0.251. The van der Waals surface area contributed by atoms with Crippen LogP contribution in [0.5, 0.6) is 0 Å².